The lowest BCUT2D eigenvalue weighted by atomic mass is 10.4. The summed E-state index contributed by atoms with van der Waals surface area (Å²) >= 11 is 0. The molecule has 0 spiro atoms. The van der Waals surface area contributed by atoms with E-state index in [0.29, 0.717) is 17.4 Å². The number of carbonyl (C=O) groups excluding carboxylic acids is 1. The summed E-state index contributed by atoms with van der Waals surface area (Å²) in [7, 11) is 1.33. The van der Waals surface area contributed by atoms with Crippen molar-refractivity contribution < 1.29 is 14.3 Å². The minimum absolute atomic E-state index is 0.0133. The number of pyridine rings is 1. The molecule has 0 unspecified atom stereocenters. The van der Waals surface area contributed by atoms with Gasteiger partial charge in [0.25, 0.3) is 0 Å². The van der Waals surface area contributed by atoms with Crippen molar-refractivity contribution in [2.24, 2.45) is 0 Å². The first-order chi connectivity index (χ1) is 8.02. The summed E-state index contributed by atoms with van der Waals surface area (Å²) in [4.78, 5) is 15.1. The Labute approximate surface area is 100 Å². The van der Waals surface area contributed by atoms with Gasteiger partial charge >= 0.3 is 5.97 Å². The zero-order valence-corrected chi connectivity index (χ0v) is 10.2. The van der Waals surface area contributed by atoms with Crippen LogP contribution in [0.25, 0.3) is 0 Å². The summed E-state index contributed by atoms with van der Waals surface area (Å²) in [5.41, 5.74) is 6.17. The highest BCUT2D eigenvalue weighted by molar-refractivity contribution is 5.74. The van der Waals surface area contributed by atoms with Crippen LogP contribution in [0.4, 0.5) is 11.5 Å². The molecule has 0 aliphatic carbocycles. The van der Waals surface area contributed by atoms with Gasteiger partial charge in [0.05, 0.1) is 18.9 Å². The highest BCUT2D eigenvalue weighted by Gasteiger charge is 2.07. The number of nitrogens with two attached hydrogens (primary N) is 1. The van der Waals surface area contributed by atoms with Crippen LogP contribution in [0, 0.1) is 0 Å². The summed E-state index contributed by atoms with van der Waals surface area (Å²) in [6.07, 6.45) is -0.0133. The molecule has 1 aromatic rings. The number of aromatic nitrogens is 1. The SMILES string of the molecule is COC(=O)CNc1ccc(N)c(OC(C)C)n1. The second kappa shape index (κ2) is 5.93. The normalized spacial score (nSPS) is 10.1. The number of rotatable bonds is 5. The fourth-order valence-electron chi connectivity index (χ4n) is 1.10. The number of ether oxygens (including phenoxy) is 2. The molecule has 0 amide bonds. The number of nitrogens with one attached hydrogen (secondary N) is 1. The van der Waals surface area contributed by atoms with Crippen molar-refractivity contribution >= 4 is 17.5 Å². The molecule has 0 aliphatic rings. The second-order valence-corrected chi connectivity index (χ2v) is 3.69. The molecule has 6 nitrogen and oxygen atoms in total. The Morgan fingerprint density at radius 1 is 1.53 bits per heavy atom. The first kappa shape index (κ1) is 13.1. The first-order valence-corrected chi connectivity index (χ1v) is 5.26. The molecule has 6 heteroatoms. The molecule has 0 fully saturated rings. The van der Waals surface area contributed by atoms with E-state index in [2.05, 4.69) is 15.0 Å². The van der Waals surface area contributed by atoms with Crippen LogP contribution in [-0.4, -0.2) is 30.7 Å². The van der Waals surface area contributed by atoms with Crippen molar-refractivity contribution in [3.05, 3.63) is 12.1 Å². The molecule has 94 valence electrons. The largest absolute Gasteiger partial charge is 0.473 e. The molecule has 1 heterocycles. The van der Waals surface area contributed by atoms with Gasteiger partial charge in [-0.15, -0.1) is 0 Å². The van der Waals surface area contributed by atoms with Crippen molar-refractivity contribution in [2.45, 2.75) is 20.0 Å². The monoisotopic (exact) mass is 239 g/mol. The molecule has 1 aromatic heterocycles. The number of nitrogens with zero attached hydrogens (tertiary/aromatic N) is 1. The van der Waals surface area contributed by atoms with E-state index in [4.69, 9.17) is 10.5 Å². The Hall–Kier alpha value is -1.98. The van der Waals surface area contributed by atoms with Crippen molar-refractivity contribution in [3.63, 3.8) is 0 Å². The van der Waals surface area contributed by atoms with Crippen LogP contribution in [0.1, 0.15) is 13.8 Å². The van der Waals surface area contributed by atoms with Gasteiger partial charge in [0, 0.05) is 0 Å². The maximum absolute atomic E-state index is 10.9. The molecule has 0 saturated heterocycles. The number of hydrogen-bond acceptors (Lipinski definition) is 6. The van der Waals surface area contributed by atoms with E-state index in [1.54, 1.807) is 12.1 Å². The Morgan fingerprint density at radius 3 is 2.82 bits per heavy atom. The molecule has 17 heavy (non-hydrogen) atoms. The number of carbonyl (C=O) groups is 1. The lowest BCUT2D eigenvalue weighted by Crippen LogP contribution is -2.16. The fraction of sp³-hybridized carbons (Fsp3) is 0.455. The number of nitrogen functional groups attached to an aromatic ring is 1. The highest BCUT2D eigenvalue weighted by atomic mass is 16.5. The molecule has 0 atom stereocenters. The summed E-state index contributed by atoms with van der Waals surface area (Å²) in [6, 6.07) is 3.34. The third-order valence-electron chi connectivity index (χ3n) is 1.88. The van der Waals surface area contributed by atoms with Crippen LogP contribution in [0.2, 0.25) is 0 Å². The van der Waals surface area contributed by atoms with Crippen LogP contribution in [0.15, 0.2) is 12.1 Å². The summed E-state index contributed by atoms with van der Waals surface area (Å²) in [5.74, 6) is 0.505. The van der Waals surface area contributed by atoms with Gasteiger partial charge in [-0.25, -0.2) is 0 Å². The molecule has 3 N–H and O–H groups in total. The van der Waals surface area contributed by atoms with Crippen molar-refractivity contribution in [2.75, 3.05) is 24.7 Å². The highest BCUT2D eigenvalue weighted by Crippen LogP contribution is 2.21. The summed E-state index contributed by atoms with van der Waals surface area (Å²) in [5, 5.41) is 2.81. The van der Waals surface area contributed by atoms with Crippen LogP contribution in [-0.2, 0) is 9.53 Å². The molecule has 0 radical (unpaired) electrons. The van der Waals surface area contributed by atoms with Crippen molar-refractivity contribution in [1.82, 2.24) is 4.98 Å². The molecular weight excluding hydrogens is 222 g/mol. The van der Waals surface area contributed by atoms with Crippen LogP contribution < -0.4 is 15.8 Å². The second-order valence-electron chi connectivity index (χ2n) is 3.69. The van der Waals surface area contributed by atoms with Crippen molar-refractivity contribution in [3.8, 4) is 5.88 Å². The predicted molar refractivity (Wildman–Crippen MR) is 64.9 cm³/mol. The van der Waals surface area contributed by atoms with Gasteiger partial charge < -0.3 is 20.5 Å². The standard InChI is InChI=1S/C11H17N3O3/c1-7(2)17-11-8(12)4-5-9(14-11)13-6-10(15)16-3/h4-5,7H,6,12H2,1-3H3,(H,13,14). The lowest BCUT2D eigenvalue weighted by molar-refractivity contribution is -0.138. The van der Waals surface area contributed by atoms with Crippen LogP contribution in [0.3, 0.4) is 0 Å². The van der Waals surface area contributed by atoms with Gasteiger partial charge in [0.15, 0.2) is 0 Å². The Morgan fingerprint density at radius 2 is 2.24 bits per heavy atom. The van der Waals surface area contributed by atoms with Gasteiger partial charge in [-0.3, -0.25) is 4.79 Å². The maximum Gasteiger partial charge on any atom is 0.325 e. The third kappa shape index (κ3) is 4.18. The third-order valence-corrected chi connectivity index (χ3v) is 1.88. The zero-order valence-electron chi connectivity index (χ0n) is 10.2. The van der Waals surface area contributed by atoms with Gasteiger partial charge in [-0.1, -0.05) is 0 Å². The molecule has 0 aliphatic heterocycles. The van der Waals surface area contributed by atoms with E-state index in [0.717, 1.165) is 0 Å². The molecule has 1 rings (SSSR count). The fourth-order valence-corrected chi connectivity index (χ4v) is 1.10. The Bertz CT molecular complexity index is 394. The average Bonchev–Trinajstić information content (AvgIpc) is 2.29. The Balaban J connectivity index is 2.71. The number of esters is 1. The van der Waals surface area contributed by atoms with E-state index in [1.807, 2.05) is 13.8 Å². The van der Waals surface area contributed by atoms with E-state index >= 15 is 0 Å². The minimum Gasteiger partial charge on any atom is -0.473 e. The zero-order chi connectivity index (χ0) is 12.8. The van der Waals surface area contributed by atoms with E-state index in [-0.39, 0.29) is 18.6 Å². The lowest BCUT2D eigenvalue weighted by Gasteiger charge is -2.12. The molecule has 0 saturated carbocycles. The summed E-state index contributed by atoms with van der Waals surface area (Å²) < 4.78 is 9.93. The minimum atomic E-state index is -0.366. The van der Waals surface area contributed by atoms with E-state index < -0.39 is 0 Å². The molecule has 0 bridgehead atoms. The van der Waals surface area contributed by atoms with Crippen LogP contribution in [0.5, 0.6) is 5.88 Å². The van der Waals surface area contributed by atoms with E-state index in [1.165, 1.54) is 7.11 Å². The molecule has 0 aromatic carbocycles. The quantitative estimate of drug-likeness (QED) is 0.746. The van der Waals surface area contributed by atoms with Crippen molar-refractivity contribution in [1.29, 1.82) is 0 Å². The topological polar surface area (TPSA) is 86.5 Å². The van der Waals surface area contributed by atoms with Crippen LogP contribution >= 0.6 is 0 Å². The van der Waals surface area contributed by atoms with Gasteiger partial charge in [-0.05, 0) is 26.0 Å². The molecular formula is C11H17N3O3. The van der Waals surface area contributed by atoms with Gasteiger partial charge in [-0.2, -0.15) is 4.98 Å². The number of anilines is 2. The average molecular weight is 239 g/mol. The maximum atomic E-state index is 10.9. The predicted octanol–water partition coefficient (Wildman–Crippen LogP) is 1.04. The van der Waals surface area contributed by atoms with Gasteiger partial charge in [0.2, 0.25) is 5.88 Å². The Kier molecular flexibility index (Phi) is 4.56. The smallest absolute Gasteiger partial charge is 0.325 e. The summed E-state index contributed by atoms with van der Waals surface area (Å²) in [6.45, 7) is 3.82. The number of hydrogen-bond donors (Lipinski definition) is 2. The first-order valence-electron chi connectivity index (χ1n) is 5.26. The van der Waals surface area contributed by atoms with Gasteiger partial charge in [0.1, 0.15) is 12.4 Å². The van der Waals surface area contributed by atoms with E-state index in [9.17, 15) is 4.79 Å². The number of methoxy groups -OCH3 is 1.